The molecule has 0 heterocycles. The van der Waals surface area contributed by atoms with E-state index >= 15 is 0 Å². The SMILES string of the molecule is CCC(C)NC(=O)CS(=O)(=O)Cc1ccccc1C(=O)O. The predicted molar refractivity (Wildman–Crippen MR) is 78.8 cm³/mol. The van der Waals surface area contributed by atoms with E-state index in [2.05, 4.69) is 5.32 Å². The Balaban J connectivity index is 2.82. The van der Waals surface area contributed by atoms with Crippen molar-refractivity contribution < 1.29 is 23.1 Å². The maximum atomic E-state index is 12.0. The van der Waals surface area contributed by atoms with Gasteiger partial charge in [-0.3, -0.25) is 4.79 Å². The average Bonchev–Trinajstić information content (AvgIpc) is 2.37. The van der Waals surface area contributed by atoms with Crippen LogP contribution in [0.15, 0.2) is 24.3 Å². The van der Waals surface area contributed by atoms with E-state index in [0.717, 1.165) is 0 Å². The van der Waals surface area contributed by atoms with Crippen LogP contribution in [-0.2, 0) is 20.4 Å². The predicted octanol–water partition coefficient (Wildman–Crippen LogP) is 1.21. The van der Waals surface area contributed by atoms with Crippen molar-refractivity contribution in [2.75, 3.05) is 5.75 Å². The number of nitrogens with one attached hydrogen (secondary N) is 1. The zero-order valence-electron chi connectivity index (χ0n) is 12.0. The molecule has 7 heteroatoms. The van der Waals surface area contributed by atoms with E-state index in [9.17, 15) is 18.0 Å². The lowest BCUT2D eigenvalue weighted by atomic mass is 10.1. The zero-order chi connectivity index (χ0) is 16.0. The molecule has 1 amide bonds. The van der Waals surface area contributed by atoms with E-state index in [-0.39, 0.29) is 17.2 Å². The highest BCUT2D eigenvalue weighted by molar-refractivity contribution is 7.91. The van der Waals surface area contributed by atoms with Crippen LogP contribution in [-0.4, -0.2) is 37.2 Å². The van der Waals surface area contributed by atoms with Gasteiger partial charge in [0.15, 0.2) is 9.84 Å². The molecule has 1 aromatic rings. The number of benzene rings is 1. The summed E-state index contributed by atoms with van der Waals surface area (Å²) in [6, 6.07) is 5.77. The summed E-state index contributed by atoms with van der Waals surface area (Å²) in [5, 5.41) is 11.6. The molecular weight excluding hydrogens is 294 g/mol. The summed E-state index contributed by atoms with van der Waals surface area (Å²) in [4.78, 5) is 22.7. The number of sulfone groups is 1. The fraction of sp³-hybridized carbons (Fsp3) is 0.429. The van der Waals surface area contributed by atoms with Crippen LogP contribution in [0.25, 0.3) is 0 Å². The molecule has 21 heavy (non-hydrogen) atoms. The molecule has 0 bridgehead atoms. The van der Waals surface area contributed by atoms with E-state index in [4.69, 9.17) is 5.11 Å². The number of aromatic carboxylic acids is 1. The summed E-state index contributed by atoms with van der Waals surface area (Å²) in [5.41, 5.74) is 0.116. The van der Waals surface area contributed by atoms with Gasteiger partial charge in [-0.2, -0.15) is 0 Å². The quantitative estimate of drug-likeness (QED) is 0.788. The molecule has 0 aliphatic carbocycles. The summed E-state index contributed by atoms with van der Waals surface area (Å²) in [6.45, 7) is 3.66. The maximum absolute atomic E-state index is 12.0. The van der Waals surface area contributed by atoms with Gasteiger partial charge in [-0.15, -0.1) is 0 Å². The second kappa shape index (κ2) is 7.21. The van der Waals surface area contributed by atoms with Crippen LogP contribution < -0.4 is 5.32 Å². The second-order valence-electron chi connectivity index (χ2n) is 4.87. The lowest BCUT2D eigenvalue weighted by Gasteiger charge is -2.12. The zero-order valence-corrected chi connectivity index (χ0v) is 12.8. The van der Waals surface area contributed by atoms with Crippen LogP contribution >= 0.6 is 0 Å². The summed E-state index contributed by atoms with van der Waals surface area (Å²) >= 11 is 0. The highest BCUT2D eigenvalue weighted by atomic mass is 32.2. The summed E-state index contributed by atoms with van der Waals surface area (Å²) in [7, 11) is -3.72. The minimum Gasteiger partial charge on any atom is -0.478 e. The number of carbonyl (C=O) groups excluding carboxylic acids is 1. The molecule has 1 atom stereocenters. The van der Waals surface area contributed by atoms with Crippen molar-refractivity contribution in [2.24, 2.45) is 0 Å². The molecule has 0 spiro atoms. The van der Waals surface area contributed by atoms with Crippen LogP contribution in [0.1, 0.15) is 36.2 Å². The van der Waals surface area contributed by atoms with Gasteiger partial charge in [0.05, 0.1) is 11.3 Å². The first-order chi connectivity index (χ1) is 9.75. The number of hydrogen-bond acceptors (Lipinski definition) is 4. The minimum atomic E-state index is -3.72. The first-order valence-corrected chi connectivity index (χ1v) is 8.38. The third-order valence-corrected chi connectivity index (χ3v) is 4.45. The Labute approximate surface area is 124 Å². The molecule has 0 fully saturated rings. The summed E-state index contributed by atoms with van der Waals surface area (Å²) in [5.74, 6) is -2.88. The molecule has 0 aliphatic rings. The Kier molecular flexibility index (Phi) is 5.90. The standard InChI is InChI=1S/C14H19NO5S/c1-3-10(2)15-13(16)9-21(19,20)8-11-6-4-5-7-12(11)14(17)18/h4-7,10H,3,8-9H2,1-2H3,(H,15,16)(H,17,18). The van der Waals surface area contributed by atoms with Gasteiger partial charge in [-0.05, 0) is 25.0 Å². The Morgan fingerprint density at radius 1 is 1.29 bits per heavy atom. The van der Waals surface area contributed by atoms with Crippen molar-refractivity contribution in [3.63, 3.8) is 0 Å². The summed E-state index contributed by atoms with van der Waals surface area (Å²) in [6.07, 6.45) is 0.702. The van der Waals surface area contributed by atoms with Gasteiger partial charge in [0, 0.05) is 6.04 Å². The average molecular weight is 313 g/mol. The number of carboxylic acid groups (broad SMARTS) is 1. The van der Waals surface area contributed by atoms with E-state index in [1.165, 1.54) is 18.2 Å². The fourth-order valence-corrected chi connectivity index (χ4v) is 3.07. The fourth-order valence-electron chi connectivity index (χ4n) is 1.76. The first-order valence-electron chi connectivity index (χ1n) is 6.56. The molecule has 0 saturated carbocycles. The third-order valence-electron chi connectivity index (χ3n) is 2.99. The van der Waals surface area contributed by atoms with Gasteiger partial charge < -0.3 is 10.4 Å². The molecule has 0 radical (unpaired) electrons. The number of amides is 1. The highest BCUT2D eigenvalue weighted by Gasteiger charge is 2.21. The smallest absolute Gasteiger partial charge is 0.335 e. The van der Waals surface area contributed by atoms with Crippen LogP contribution in [0.4, 0.5) is 0 Å². The van der Waals surface area contributed by atoms with Crippen LogP contribution in [0, 0.1) is 0 Å². The van der Waals surface area contributed by atoms with Gasteiger partial charge >= 0.3 is 5.97 Å². The van der Waals surface area contributed by atoms with E-state index in [1.807, 2.05) is 6.92 Å². The largest absolute Gasteiger partial charge is 0.478 e. The second-order valence-corrected chi connectivity index (χ2v) is 6.94. The Hall–Kier alpha value is -1.89. The number of hydrogen-bond donors (Lipinski definition) is 2. The van der Waals surface area contributed by atoms with Gasteiger partial charge in [-0.25, -0.2) is 13.2 Å². The number of carboxylic acids is 1. The molecule has 116 valence electrons. The van der Waals surface area contributed by atoms with Gasteiger partial charge in [0.25, 0.3) is 0 Å². The van der Waals surface area contributed by atoms with Crippen molar-refractivity contribution in [3.8, 4) is 0 Å². The van der Waals surface area contributed by atoms with Crippen molar-refractivity contribution in [2.45, 2.75) is 32.1 Å². The Morgan fingerprint density at radius 2 is 1.90 bits per heavy atom. The van der Waals surface area contributed by atoms with Crippen molar-refractivity contribution >= 4 is 21.7 Å². The van der Waals surface area contributed by atoms with Gasteiger partial charge in [0.1, 0.15) is 5.75 Å². The highest BCUT2D eigenvalue weighted by Crippen LogP contribution is 2.13. The monoisotopic (exact) mass is 313 g/mol. The molecule has 0 saturated heterocycles. The molecule has 1 rings (SSSR count). The van der Waals surface area contributed by atoms with Gasteiger partial charge in [-0.1, -0.05) is 25.1 Å². The van der Waals surface area contributed by atoms with E-state index < -0.39 is 33.2 Å². The Bertz CT molecular complexity index is 624. The van der Waals surface area contributed by atoms with Gasteiger partial charge in [0.2, 0.25) is 5.91 Å². The Morgan fingerprint density at radius 3 is 2.48 bits per heavy atom. The van der Waals surface area contributed by atoms with Crippen molar-refractivity contribution in [1.82, 2.24) is 5.32 Å². The molecule has 1 unspecified atom stereocenters. The topological polar surface area (TPSA) is 101 Å². The molecule has 0 aliphatic heterocycles. The maximum Gasteiger partial charge on any atom is 0.335 e. The van der Waals surface area contributed by atoms with Crippen LogP contribution in [0.3, 0.4) is 0 Å². The van der Waals surface area contributed by atoms with Crippen LogP contribution in [0.5, 0.6) is 0 Å². The number of rotatable bonds is 7. The third kappa shape index (κ3) is 5.55. The molecule has 2 N–H and O–H groups in total. The first kappa shape index (κ1) is 17.2. The van der Waals surface area contributed by atoms with Crippen LogP contribution in [0.2, 0.25) is 0 Å². The van der Waals surface area contributed by atoms with E-state index in [1.54, 1.807) is 13.0 Å². The lowest BCUT2D eigenvalue weighted by Crippen LogP contribution is -2.36. The molecule has 1 aromatic carbocycles. The normalized spacial score (nSPS) is 12.7. The van der Waals surface area contributed by atoms with Crippen molar-refractivity contribution in [1.29, 1.82) is 0 Å². The van der Waals surface area contributed by atoms with E-state index in [0.29, 0.717) is 6.42 Å². The van der Waals surface area contributed by atoms with Crippen molar-refractivity contribution in [3.05, 3.63) is 35.4 Å². The summed E-state index contributed by atoms with van der Waals surface area (Å²) < 4.78 is 24.0. The molecular formula is C14H19NO5S. The lowest BCUT2D eigenvalue weighted by molar-refractivity contribution is -0.119. The number of carbonyl (C=O) groups is 2. The molecule has 6 nitrogen and oxygen atoms in total. The molecule has 0 aromatic heterocycles. The minimum absolute atomic E-state index is 0.0663.